The van der Waals surface area contributed by atoms with Crippen LogP contribution in [0.5, 0.6) is 5.75 Å². The number of benzene rings is 3. The lowest BCUT2D eigenvalue weighted by molar-refractivity contribution is 0.0511. The molecule has 0 fully saturated rings. The molecule has 0 saturated heterocycles. The Morgan fingerprint density at radius 3 is 2.73 bits per heavy atom. The Balaban J connectivity index is 1.41. The Bertz CT molecular complexity index is 1690. The predicted molar refractivity (Wildman–Crippen MR) is 157 cm³/mol. The van der Waals surface area contributed by atoms with Crippen molar-refractivity contribution in [2.75, 3.05) is 19.8 Å². The molecule has 0 bridgehead atoms. The lowest BCUT2D eigenvalue weighted by Crippen LogP contribution is -2.16. The second-order valence-corrected chi connectivity index (χ2v) is 10.3. The van der Waals surface area contributed by atoms with Gasteiger partial charge in [-0.3, -0.25) is 4.68 Å². The molecule has 0 radical (unpaired) electrons. The van der Waals surface area contributed by atoms with E-state index in [0.29, 0.717) is 45.1 Å². The summed E-state index contributed by atoms with van der Waals surface area (Å²) in [5, 5.41) is 8.07. The van der Waals surface area contributed by atoms with Crippen LogP contribution in [0.2, 0.25) is 0 Å². The fourth-order valence-corrected chi connectivity index (χ4v) is 6.06. The van der Waals surface area contributed by atoms with Crippen molar-refractivity contribution >= 4 is 27.6 Å². The molecule has 3 aromatic carbocycles. The smallest absolute Gasteiger partial charge is 0.355 e. The van der Waals surface area contributed by atoms with E-state index in [2.05, 4.69) is 41.0 Å². The van der Waals surface area contributed by atoms with Gasteiger partial charge in [0.2, 0.25) is 0 Å². The molecule has 0 unspecified atom stereocenters. The van der Waals surface area contributed by atoms with Gasteiger partial charge in [0.1, 0.15) is 11.4 Å². The molecule has 0 atom stereocenters. The largest absolute Gasteiger partial charge is 0.493 e. The summed E-state index contributed by atoms with van der Waals surface area (Å²) >= 11 is 0. The van der Waals surface area contributed by atoms with E-state index in [1.54, 1.807) is 0 Å². The van der Waals surface area contributed by atoms with Gasteiger partial charge in [0.05, 0.1) is 36.7 Å². The molecule has 6 rings (SSSR count). The van der Waals surface area contributed by atoms with Gasteiger partial charge in [0, 0.05) is 42.1 Å². The van der Waals surface area contributed by atoms with Crippen molar-refractivity contribution in [1.82, 2.24) is 14.3 Å². The van der Waals surface area contributed by atoms with Gasteiger partial charge in [0.15, 0.2) is 0 Å². The Kier molecular flexibility index (Phi) is 7.30. The summed E-state index contributed by atoms with van der Waals surface area (Å²) in [5.41, 5.74) is 6.86. The minimum atomic E-state index is -0.282. The zero-order valence-corrected chi connectivity index (χ0v) is 23.4. The summed E-state index contributed by atoms with van der Waals surface area (Å²) in [6.45, 7) is 6.53. The van der Waals surface area contributed by atoms with Gasteiger partial charge >= 0.3 is 5.97 Å². The zero-order chi connectivity index (χ0) is 27.6. The Morgan fingerprint density at radius 2 is 1.85 bits per heavy atom. The fourth-order valence-electron chi connectivity index (χ4n) is 6.06. The second-order valence-electron chi connectivity index (χ2n) is 10.3. The normalized spacial score (nSPS) is 13.4. The van der Waals surface area contributed by atoms with E-state index in [1.807, 2.05) is 49.8 Å². The Hall–Kier alpha value is -4.10. The summed E-state index contributed by atoms with van der Waals surface area (Å²) in [7, 11) is 1.96. The molecule has 206 valence electrons. The minimum absolute atomic E-state index is 0.282. The number of aromatic nitrogens is 3. The van der Waals surface area contributed by atoms with Crippen molar-refractivity contribution in [3.63, 3.8) is 0 Å². The third-order valence-electron chi connectivity index (χ3n) is 7.75. The molecule has 7 heteroatoms. The standard InChI is InChI=1S/C33H35N3O4/c1-4-39-33(37)32-26(16-9-20-40-29-17-7-12-23-11-5-6-13-24(23)29)25-14-8-15-27-30-22(2)34-35(3)28(30)21-38-19-10-18-36(32)31(25)27/h5-8,11-15,17H,4,9-10,16,18-21H2,1-3H3. The maximum absolute atomic E-state index is 13.5. The number of carbonyl (C=O) groups excluding carboxylic acids is 1. The van der Waals surface area contributed by atoms with E-state index in [1.165, 1.54) is 0 Å². The minimum Gasteiger partial charge on any atom is -0.493 e. The molecule has 0 spiro atoms. The van der Waals surface area contributed by atoms with Crippen LogP contribution < -0.4 is 4.74 Å². The van der Waals surface area contributed by atoms with Crippen LogP contribution >= 0.6 is 0 Å². The quantitative estimate of drug-likeness (QED) is 0.173. The number of hydrogen-bond donors (Lipinski definition) is 0. The molecule has 2 aromatic heterocycles. The van der Waals surface area contributed by atoms with Gasteiger partial charge in [-0.25, -0.2) is 4.79 Å². The van der Waals surface area contributed by atoms with Crippen molar-refractivity contribution in [2.24, 2.45) is 7.05 Å². The topological polar surface area (TPSA) is 67.5 Å². The highest BCUT2D eigenvalue weighted by atomic mass is 16.5. The lowest BCUT2D eigenvalue weighted by atomic mass is 9.98. The molecule has 40 heavy (non-hydrogen) atoms. The van der Waals surface area contributed by atoms with Gasteiger partial charge in [-0.15, -0.1) is 0 Å². The molecular weight excluding hydrogens is 502 g/mol. The van der Waals surface area contributed by atoms with Crippen LogP contribution in [0.15, 0.2) is 60.7 Å². The highest BCUT2D eigenvalue weighted by Gasteiger charge is 2.28. The van der Waals surface area contributed by atoms with E-state index < -0.39 is 0 Å². The predicted octanol–water partition coefficient (Wildman–Crippen LogP) is 6.61. The first kappa shape index (κ1) is 26.1. The average Bonchev–Trinajstić information content (AvgIpc) is 3.43. The van der Waals surface area contributed by atoms with Gasteiger partial charge in [-0.1, -0.05) is 54.6 Å². The summed E-state index contributed by atoms with van der Waals surface area (Å²) in [6, 6.07) is 20.7. The van der Waals surface area contributed by atoms with E-state index in [0.717, 1.165) is 68.3 Å². The Labute approximate surface area is 234 Å². The van der Waals surface area contributed by atoms with Crippen LogP contribution in [-0.2, 0) is 36.1 Å². The maximum atomic E-state index is 13.5. The summed E-state index contributed by atoms with van der Waals surface area (Å²) in [6.07, 6.45) is 2.25. The number of rotatable bonds is 7. The molecule has 1 aliphatic heterocycles. The molecule has 0 aliphatic carbocycles. The van der Waals surface area contributed by atoms with Gasteiger partial charge in [-0.2, -0.15) is 5.10 Å². The summed E-state index contributed by atoms with van der Waals surface area (Å²) < 4.78 is 22.0. The molecule has 3 heterocycles. The molecule has 0 N–H and O–H groups in total. The number of ether oxygens (including phenoxy) is 3. The van der Waals surface area contributed by atoms with Crippen LogP contribution in [0.25, 0.3) is 32.8 Å². The van der Waals surface area contributed by atoms with Gasteiger partial charge in [0.25, 0.3) is 0 Å². The molecule has 0 saturated carbocycles. The fraction of sp³-hybridized carbons (Fsp3) is 0.333. The number of fused-ring (bicyclic) bond motifs is 3. The number of esters is 1. The Morgan fingerprint density at radius 1 is 1.05 bits per heavy atom. The van der Waals surface area contributed by atoms with Crippen molar-refractivity contribution < 1.29 is 19.0 Å². The van der Waals surface area contributed by atoms with Crippen LogP contribution in [-0.4, -0.2) is 40.1 Å². The monoisotopic (exact) mass is 537 g/mol. The van der Waals surface area contributed by atoms with Crippen molar-refractivity contribution in [3.05, 3.63) is 83.3 Å². The highest BCUT2D eigenvalue weighted by molar-refractivity contribution is 6.05. The maximum Gasteiger partial charge on any atom is 0.355 e. The summed E-state index contributed by atoms with van der Waals surface area (Å²) in [4.78, 5) is 13.5. The van der Waals surface area contributed by atoms with E-state index in [4.69, 9.17) is 19.3 Å². The lowest BCUT2D eigenvalue weighted by Gasteiger charge is -2.16. The molecule has 1 aliphatic rings. The van der Waals surface area contributed by atoms with Gasteiger partial charge in [-0.05, 0) is 50.1 Å². The van der Waals surface area contributed by atoms with Crippen LogP contribution in [0.1, 0.15) is 47.2 Å². The number of nitrogens with zero attached hydrogens (tertiary/aromatic N) is 3. The first-order valence-electron chi connectivity index (χ1n) is 14.1. The first-order chi connectivity index (χ1) is 19.6. The van der Waals surface area contributed by atoms with E-state index in [9.17, 15) is 4.79 Å². The van der Waals surface area contributed by atoms with E-state index in [-0.39, 0.29) is 5.97 Å². The first-order valence-corrected chi connectivity index (χ1v) is 14.1. The number of aryl methyl sites for hydroxylation is 4. The van der Waals surface area contributed by atoms with Crippen LogP contribution in [0.4, 0.5) is 0 Å². The molecular formula is C33H35N3O4. The van der Waals surface area contributed by atoms with Crippen LogP contribution in [0, 0.1) is 6.92 Å². The number of carbonyl (C=O) groups is 1. The third-order valence-corrected chi connectivity index (χ3v) is 7.75. The zero-order valence-electron chi connectivity index (χ0n) is 23.4. The number of para-hydroxylation sites is 1. The second kappa shape index (κ2) is 11.2. The van der Waals surface area contributed by atoms with Gasteiger partial charge < -0.3 is 18.8 Å². The molecule has 7 nitrogen and oxygen atoms in total. The van der Waals surface area contributed by atoms with E-state index >= 15 is 0 Å². The highest BCUT2D eigenvalue weighted by Crippen LogP contribution is 2.39. The molecule has 0 amide bonds. The summed E-state index contributed by atoms with van der Waals surface area (Å²) in [5.74, 6) is 0.599. The SMILES string of the molecule is CCOC(=O)c1c(CCCOc2cccc3ccccc23)c2cccc3c2n1CCCOCc1c-3c(C)nn1C. The third kappa shape index (κ3) is 4.64. The van der Waals surface area contributed by atoms with Crippen molar-refractivity contribution in [3.8, 4) is 16.9 Å². The number of hydrogen-bond acceptors (Lipinski definition) is 5. The van der Waals surface area contributed by atoms with Crippen molar-refractivity contribution in [2.45, 2.75) is 46.3 Å². The molecule has 5 aromatic rings. The average molecular weight is 538 g/mol. The van der Waals surface area contributed by atoms with Crippen LogP contribution in [0.3, 0.4) is 0 Å². The van der Waals surface area contributed by atoms with Crippen molar-refractivity contribution in [1.29, 1.82) is 0 Å².